The third-order valence-corrected chi connectivity index (χ3v) is 5.22. The Morgan fingerprint density at radius 3 is 2.33 bits per heavy atom. The summed E-state index contributed by atoms with van der Waals surface area (Å²) in [7, 11) is 0. The summed E-state index contributed by atoms with van der Waals surface area (Å²) >= 11 is 0. The first-order chi connectivity index (χ1) is 9.73. The van der Waals surface area contributed by atoms with Gasteiger partial charge >= 0.3 is 0 Å². The van der Waals surface area contributed by atoms with Crippen molar-refractivity contribution in [3.63, 3.8) is 0 Å². The first-order valence-corrected chi connectivity index (χ1v) is 8.26. The molecule has 0 amide bonds. The minimum Gasteiger partial charge on any atom is -0.389 e. The molecule has 1 N–H and O–H groups in total. The molecule has 2 rings (SSSR count). The second-order valence-electron chi connectivity index (χ2n) is 7.44. The van der Waals surface area contributed by atoms with Crippen LogP contribution in [0.1, 0.15) is 62.8 Å². The van der Waals surface area contributed by atoms with Crippen LogP contribution >= 0.6 is 0 Å². The Balaban J connectivity index is 2.31. The highest BCUT2D eigenvalue weighted by Gasteiger charge is 2.43. The molecule has 0 bridgehead atoms. The van der Waals surface area contributed by atoms with E-state index >= 15 is 0 Å². The molecule has 0 radical (unpaired) electrons. The van der Waals surface area contributed by atoms with Crippen molar-refractivity contribution in [3.05, 3.63) is 22.8 Å². The molecule has 1 aromatic heterocycles. The Kier molecular flexibility index (Phi) is 4.72. The summed E-state index contributed by atoms with van der Waals surface area (Å²) in [4.78, 5) is 9.29. The van der Waals surface area contributed by atoms with Gasteiger partial charge in [-0.25, -0.2) is 0 Å². The van der Waals surface area contributed by atoms with E-state index in [1.54, 1.807) is 0 Å². The Labute approximate surface area is 129 Å². The van der Waals surface area contributed by atoms with Gasteiger partial charge in [-0.3, -0.25) is 9.97 Å². The normalized spacial score (nSPS) is 29.9. The van der Waals surface area contributed by atoms with Crippen LogP contribution in [0.15, 0.2) is 0 Å². The zero-order valence-electron chi connectivity index (χ0n) is 14.4. The minimum atomic E-state index is -0.632. The number of aliphatic hydroxyl groups is 1. The highest BCUT2D eigenvalue weighted by Crippen LogP contribution is 2.42. The number of nitrogens with zero attached hydrogens (tertiary/aromatic N) is 2. The second kappa shape index (κ2) is 6.04. The summed E-state index contributed by atoms with van der Waals surface area (Å²) in [5.74, 6) is 1.45. The van der Waals surface area contributed by atoms with Crippen molar-refractivity contribution < 1.29 is 5.11 Å². The van der Waals surface area contributed by atoms with E-state index in [4.69, 9.17) is 4.98 Å². The molecule has 1 aromatic rings. The molecule has 1 fully saturated rings. The molecule has 21 heavy (non-hydrogen) atoms. The summed E-state index contributed by atoms with van der Waals surface area (Å²) in [5, 5.41) is 11.3. The van der Waals surface area contributed by atoms with Crippen LogP contribution in [0.3, 0.4) is 0 Å². The standard InChI is InChI=1S/C18H30N2O/c1-11(2)16-8-7-12(3)9-18(16,21)10-17-15(6)19-13(4)14(5)20-17/h11-12,16,21H,7-10H2,1-6H3. The van der Waals surface area contributed by atoms with Gasteiger partial charge in [-0.15, -0.1) is 0 Å². The largest absolute Gasteiger partial charge is 0.389 e. The van der Waals surface area contributed by atoms with Crippen LogP contribution in [0, 0.1) is 38.5 Å². The molecule has 1 aliphatic rings. The van der Waals surface area contributed by atoms with Crippen molar-refractivity contribution in [1.29, 1.82) is 0 Å². The van der Waals surface area contributed by atoms with E-state index in [1.807, 2.05) is 20.8 Å². The van der Waals surface area contributed by atoms with Crippen molar-refractivity contribution >= 4 is 0 Å². The van der Waals surface area contributed by atoms with Gasteiger partial charge in [0.1, 0.15) is 0 Å². The lowest BCUT2D eigenvalue weighted by molar-refractivity contribution is -0.0802. The van der Waals surface area contributed by atoms with Gasteiger partial charge in [0.15, 0.2) is 0 Å². The number of rotatable bonds is 3. The van der Waals surface area contributed by atoms with E-state index in [2.05, 4.69) is 25.8 Å². The van der Waals surface area contributed by atoms with Gasteiger partial charge in [-0.2, -0.15) is 0 Å². The highest BCUT2D eigenvalue weighted by atomic mass is 16.3. The van der Waals surface area contributed by atoms with Gasteiger partial charge in [0.05, 0.1) is 28.4 Å². The Hall–Kier alpha value is -0.960. The number of hydrogen-bond acceptors (Lipinski definition) is 3. The number of hydrogen-bond donors (Lipinski definition) is 1. The fourth-order valence-corrected chi connectivity index (χ4v) is 3.97. The Morgan fingerprint density at radius 2 is 1.71 bits per heavy atom. The summed E-state index contributed by atoms with van der Waals surface area (Å²) in [6.45, 7) is 12.7. The van der Waals surface area contributed by atoms with Crippen LogP contribution in [0.2, 0.25) is 0 Å². The molecule has 0 saturated heterocycles. The third-order valence-electron chi connectivity index (χ3n) is 5.22. The van der Waals surface area contributed by atoms with E-state index in [1.165, 1.54) is 6.42 Å². The van der Waals surface area contributed by atoms with Crippen LogP contribution in [-0.4, -0.2) is 20.7 Å². The Morgan fingerprint density at radius 1 is 1.10 bits per heavy atom. The average Bonchev–Trinajstić information content (AvgIpc) is 2.35. The maximum atomic E-state index is 11.3. The SMILES string of the molecule is Cc1nc(C)c(CC2(O)CC(C)CCC2C(C)C)nc1C. The van der Waals surface area contributed by atoms with Crippen LogP contribution in [0.5, 0.6) is 0 Å². The monoisotopic (exact) mass is 290 g/mol. The van der Waals surface area contributed by atoms with Gasteiger partial charge < -0.3 is 5.11 Å². The van der Waals surface area contributed by atoms with Crippen LogP contribution < -0.4 is 0 Å². The lowest BCUT2D eigenvalue weighted by Gasteiger charge is -2.45. The van der Waals surface area contributed by atoms with E-state index in [9.17, 15) is 5.11 Å². The molecule has 3 atom stereocenters. The lowest BCUT2D eigenvalue weighted by Crippen LogP contribution is -2.47. The number of aryl methyl sites for hydroxylation is 3. The van der Waals surface area contributed by atoms with Crippen molar-refractivity contribution in [3.8, 4) is 0 Å². The topological polar surface area (TPSA) is 46.0 Å². The van der Waals surface area contributed by atoms with E-state index < -0.39 is 5.60 Å². The Bertz CT molecular complexity index is 512. The molecule has 118 valence electrons. The van der Waals surface area contributed by atoms with Gasteiger partial charge in [0.2, 0.25) is 0 Å². The predicted molar refractivity (Wildman–Crippen MR) is 86.2 cm³/mol. The number of aromatic nitrogens is 2. The fraction of sp³-hybridized carbons (Fsp3) is 0.778. The van der Waals surface area contributed by atoms with Crippen LogP contribution in [0.25, 0.3) is 0 Å². The summed E-state index contributed by atoms with van der Waals surface area (Å²) in [6, 6.07) is 0. The molecular weight excluding hydrogens is 260 g/mol. The second-order valence-corrected chi connectivity index (χ2v) is 7.44. The zero-order valence-corrected chi connectivity index (χ0v) is 14.4. The first-order valence-electron chi connectivity index (χ1n) is 8.26. The summed E-state index contributed by atoms with van der Waals surface area (Å²) < 4.78 is 0. The summed E-state index contributed by atoms with van der Waals surface area (Å²) in [5.41, 5.74) is 3.27. The molecule has 0 spiro atoms. The summed E-state index contributed by atoms with van der Waals surface area (Å²) in [6.07, 6.45) is 3.86. The molecule has 1 heterocycles. The zero-order chi connectivity index (χ0) is 15.8. The maximum Gasteiger partial charge on any atom is 0.0736 e. The van der Waals surface area contributed by atoms with Crippen molar-refractivity contribution in [2.45, 2.75) is 72.8 Å². The molecule has 0 aromatic carbocycles. The van der Waals surface area contributed by atoms with E-state index in [0.29, 0.717) is 24.2 Å². The first kappa shape index (κ1) is 16.4. The van der Waals surface area contributed by atoms with Crippen LogP contribution in [0.4, 0.5) is 0 Å². The van der Waals surface area contributed by atoms with Crippen molar-refractivity contribution in [2.75, 3.05) is 0 Å². The minimum absolute atomic E-state index is 0.358. The van der Waals surface area contributed by atoms with Gasteiger partial charge in [-0.1, -0.05) is 27.2 Å². The molecule has 3 unspecified atom stereocenters. The smallest absolute Gasteiger partial charge is 0.0736 e. The maximum absolute atomic E-state index is 11.3. The van der Waals surface area contributed by atoms with Gasteiger partial charge in [0, 0.05) is 6.42 Å². The fourth-order valence-electron chi connectivity index (χ4n) is 3.97. The molecule has 1 saturated carbocycles. The molecule has 3 heteroatoms. The molecule has 0 aliphatic heterocycles. The molecular formula is C18H30N2O. The predicted octanol–water partition coefficient (Wildman–Crippen LogP) is 3.77. The van der Waals surface area contributed by atoms with Crippen molar-refractivity contribution in [2.24, 2.45) is 17.8 Å². The average molecular weight is 290 g/mol. The third kappa shape index (κ3) is 3.45. The molecule has 1 aliphatic carbocycles. The van der Waals surface area contributed by atoms with Crippen LogP contribution in [-0.2, 0) is 6.42 Å². The highest BCUT2D eigenvalue weighted by molar-refractivity contribution is 5.20. The van der Waals surface area contributed by atoms with E-state index in [-0.39, 0.29) is 0 Å². The quantitative estimate of drug-likeness (QED) is 0.921. The van der Waals surface area contributed by atoms with Gasteiger partial charge in [-0.05, 0) is 51.4 Å². The van der Waals surface area contributed by atoms with Gasteiger partial charge in [0.25, 0.3) is 0 Å². The van der Waals surface area contributed by atoms with E-state index in [0.717, 1.165) is 35.6 Å². The lowest BCUT2D eigenvalue weighted by atomic mass is 9.65. The molecule has 3 nitrogen and oxygen atoms in total. The van der Waals surface area contributed by atoms with Crippen molar-refractivity contribution in [1.82, 2.24) is 9.97 Å².